The highest BCUT2D eigenvalue weighted by Crippen LogP contribution is 2.24. The maximum Gasteiger partial charge on any atom is 0.332 e. The summed E-state index contributed by atoms with van der Waals surface area (Å²) in [4.78, 5) is 46.4. The summed E-state index contributed by atoms with van der Waals surface area (Å²) in [5, 5.41) is 9.34. The van der Waals surface area contributed by atoms with Gasteiger partial charge in [-0.1, -0.05) is 98.8 Å². The SMILES string of the molecule is CC(C)C[C@H](NC(=O)C(CC=Cc1ccccc1)Cc1cccc2ccccc12)C(=NNC(N)=O)C(=O)[C@@H](N)Cc1cnc[nH]1. The van der Waals surface area contributed by atoms with Crippen molar-refractivity contribution in [1.82, 2.24) is 20.7 Å². The number of allylic oxidation sites excluding steroid dienone is 1. The summed E-state index contributed by atoms with van der Waals surface area (Å²) in [7, 11) is 0. The standard InChI is InChI=1S/C35H41N7O3/c1-23(2)18-31(32(41-42-35(37)45)33(43)30(36)20-28-21-38-22-39-28)40-34(44)27(16-8-12-24-10-4-3-5-11-24)19-26-15-9-14-25-13-6-7-17-29(25)26/h3-15,17,21-23,27,30-31H,16,18-20,36H2,1-2H3,(H,38,39)(H,40,44)(H3,37,42,45)/t27?,30-,31-/m0/s1. The van der Waals surface area contributed by atoms with Gasteiger partial charge in [-0.05, 0) is 47.1 Å². The number of hydrogen-bond donors (Lipinski definition) is 5. The van der Waals surface area contributed by atoms with Gasteiger partial charge in [0.15, 0.2) is 5.78 Å². The van der Waals surface area contributed by atoms with Crippen LogP contribution >= 0.6 is 0 Å². The molecule has 1 aromatic heterocycles. The fourth-order valence-electron chi connectivity index (χ4n) is 5.29. The van der Waals surface area contributed by atoms with Crippen LogP contribution in [-0.4, -0.2) is 45.5 Å². The summed E-state index contributed by atoms with van der Waals surface area (Å²) in [6.07, 6.45) is 8.56. The number of carbonyl (C=O) groups is 3. The monoisotopic (exact) mass is 607 g/mol. The molecule has 4 aromatic rings. The first kappa shape index (κ1) is 32.8. The average Bonchev–Trinajstić information content (AvgIpc) is 3.53. The summed E-state index contributed by atoms with van der Waals surface area (Å²) in [5.41, 5.74) is 16.5. The first-order valence-corrected chi connectivity index (χ1v) is 15.1. The largest absolute Gasteiger partial charge is 0.350 e. The minimum Gasteiger partial charge on any atom is -0.350 e. The lowest BCUT2D eigenvalue weighted by Crippen LogP contribution is -2.52. The molecule has 1 unspecified atom stereocenters. The van der Waals surface area contributed by atoms with Gasteiger partial charge in [0, 0.05) is 24.2 Å². The van der Waals surface area contributed by atoms with Crippen molar-refractivity contribution in [2.45, 2.75) is 51.6 Å². The molecule has 4 rings (SSSR count). The molecule has 3 atom stereocenters. The van der Waals surface area contributed by atoms with Gasteiger partial charge in [0.05, 0.1) is 18.4 Å². The fraction of sp³-hybridized carbons (Fsp3) is 0.286. The molecule has 0 spiro atoms. The van der Waals surface area contributed by atoms with E-state index in [-0.39, 0.29) is 24.0 Å². The second-order valence-corrected chi connectivity index (χ2v) is 11.5. The summed E-state index contributed by atoms with van der Waals surface area (Å²) in [5.74, 6) is -1.16. The number of hydrogen-bond acceptors (Lipinski definition) is 6. The molecule has 10 heteroatoms. The Kier molecular flexibility index (Phi) is 11.8. The highest BCUT2D eigenvalue weighted by molar-refractivity contribution is 6.43. The van der Waals surface area contributed by atoms with Crippen LogP contribution in [0.1, 0.15) is 43.5 Å². The van der Waals surface area contributed by atoms with E-state index in [9.17, 15) is 14.4 Å². The quantitative estimate of drug-likeness (QED) is 0.0987. The summed E-state index contributed by atoms with van der Waals surface area (Å²) >= 11 is 0. The Morgan fingerprint density at radius 2 is 1.71 bits per heavy atom. The summed E-state index contributed by atoms with van der Waals surface area (Å²) < 4.78 is 0. The molecule has 10 nitrogen and oxygen atoms in total. The number of benzene rings is 3. The Bertz CT molecular complexity index is 1630. The molecule has 0 saturated heterocycles. The number of ketones is 1. The molecule has 0 aliphatic rings. The minimum atomic E-state index is -0.995. The highest BCUT2D eigenvalue weighted by Gasteiger charge is 2.32. The highest BCUT2D eigenvalue weighted by atomic mass is 16.2. The number of H-pyrrole nitrogens is 1. The second kappa shape index (κ2) is 16.1. The number of nitrogens with zero attached hydrogens (tertiary/aromatic N) is 2. The first-order valence-electron chi connectivity index (χ1n) is 15.1. The molecule has 0 radical (unpaired) electrons. The molecule has 0 aliphatic carbocycles. The number of fused-ring (bicyclic) bond motifs is 1. The Morgan fingerprint density at radius 1 is 0.978 bits per heavy atom. The molecule has 0 saturated carbocycles. The number of rotatable bonds is 15. The maximum absolute atomic E-state index is 14.1. The molecule has 3 amide bonds. The van der Waals surface area contributed by atoms with Crippen LogP contribution in [0, 0.1) is 11.8 Å². The normalized spacial score (nSPS) is 13.9. The number of aromatic amines is 1. The number of aromatic nitrogens is 2. The van der Waals surface area contributed by atoms with E-state index in [1.54, 1.807) is 6.20 Å². The van der Waals surface area contributed by atoms with Gasteiger partial charge in [0.25, 0.3) is 0 Å². The Labute approximate surface area is 263 Å². The summed E-state index contributed by atoms with van der Waals surface area (Å²) in [6.45, 7) is 3.95. The molecule has 1 heterocycles. The van der Waals surface area contributed by atoms with Crippen LogP contribution < -0.4 is 22.2 Å². The Balaban J connectivity index is 1.64. The zero-order chi connectivity index (χ0) is 32.2. The van der Waals surface area contributed by atoms with Crippen LogP contribution in [0.3, 0.4) is 0 Å². The number of amides is 3. The smallest absolute Gasteiger partial charge is 0.332 e. The number of urea groups is 1. The van der Waals surface area contributed by atoms with Gasteiger partial charge >= 0.3 is 6.03 Å². The van der Waals surface area contributed by atoms with Gasteiger partial charge in [-0.3, -0.25) is 9.59 Å². The third kappa shape index (κ3) is 9.70. The molecule has 3 aromatic carbocycles. The molecule has 234 valence electrons. The van der Waals surface area contributed by atoms with Crippen LogP contribution in [-0.2, 0) is 22.4 Å². The zero-order valence-corrected chi connectivity index (χ0v) is 25.6. The number of nitrogens with one attached hydrogen (secondary N) is 3. The van der Waals surface area contributed by atoms with E-state index >= 15 is 0 Å². The number of imidazole rings is 1. The summed E-state index contributed by atoms with van der Waals surface area (Å²) in [6, 6.07) is 21.3. The van der Waals surface area contributed by atoms with Crippen LogP contribution in [0.4, 0.5) is 4.79 Å². The lowest BCUT2D eigenvalue weighted by molar-refractivity contribution is -0.125. The Morgan fingerprint density at radius 3 is 2.42 bits per heavy atom. The first-order chi connectivity index (χ1) is 21.7. The number of nitrogens with two attached hydrogens (primary N) is 2. The van der Waals surface area contributed by atoms with Crippen LogP contribution in [0.15, 0.2) is 96.5 Å². The van der Waals surface area contributed by atoms with E-state index < -0.39 is 29.8 Å². The minimum absolute atomic E-state index is 0.0633. The van der Waals surface area contributed by atoms with Crippen molar-refractivity contribution >= 4 is 40.3 Å². The van der Waals surface area contributed by atoms with Gasteiger partial charge in [-0.2, -0.15) is 5.10 Å². The third-order valence-electron chi connectivity index (χ3n) is 7.47. The third-order valence-corrected chi connectivity index (χ3v) is 7.47. The molecular weight excluding hydrogens is 566 g/mol. The average molecular weight is 608 g/mol. The second-order valence-electron chi connectivity index (χ2n) is 11.5. The van der Waals surface area contributed by atoms with Crippen molar-refractivity contribution in [2.24, 2.45) is 28.4 Å². The molecule has 45 heavy (non-hydrogen) atoms. The lowest BCUT2D eigenvalue weighted by atomic mass is 9.89. The molecule has 0 fully saturated rings. The molecule has 0 bridgehead atoms. The van der Waals surface area contributed by atoms with Crippen molar-refractivity contribution in [3.63, 3.8) is 0 Å². The van der Waals surface area contributed by atoms with E-state index in [0.717, 1.165) is 21.9 Å². The van der Waals surface area contributed by atoms with Gasteiger partial charge in [0.1, 0.15) is 5.71 Å². The predicted molar refractivity (Wildman–Crippen MR) is 178 cm³/mol. The van der Waals surface area contributed by atoms with Crippen LogP contribution in [0.25, 0.3) is 16.8 Å². The number of hydrazone groups is 1. The zero-order valence-electron chi connectivity index (χ0n) is 25.6. The van der Waals surface area contributed by atoms with Gasteiger partial charge in [-0.25, -0.2) is 15.2 Å². The van der Waals surface area contributed by atoms with E-state index in [0.29, 0.717) is 25.0 Å². The van der Waals surface area contributed by atoms with Crippen LogP contribution in [0.5, 0.6) is 0 Å². The van der Waals surface area contributed by atoms with Gasteiger partial charge in [-0.15, -0.1) is 0 Å². The van der Waals surface area contributed by atoms with Crippen molar-refractivity contribution in [3.05, 3.63) is 108 Å². The number of carbonyl (C=O) groups excluding carboxylic acids is 3. The van der Waals surface area contributed by atoms with E-state index in [2.05, 4.69) is 44.0 Å². The molecule has 7 N–H and O–H groups in total. The fourth-order valence-corrected chi connectivity index (χ4v) is 5.29. The van der Waals surface area contributed by atoms with Crippen molar-refractivity contribution in [3.8, 4) is 0 Å². The predicted octanol–water partition coefficient (Wildman–Crippen LogP) is 4.52. The Hall–Kier alpha value is -5.09. The van der Waals surface area contributed by atoms with Gasteiger partial charge < -0.3 is 21.8 Å². The van der Waals surface area contributed by atoms with Crippen molar-refractivity contribution in [1.29, 1.82) is 0 Å². The van der Waals surface area contributed by atoms with E-state index in [1.807, 2.05) is 80.6 Å². The lowest BCUT2D eigenvalue weighted by Gasteiger charge is -2.26. The van der Waals surface area contributed by atoms with Crippen molar-refractivity contribution < 1.29 is 14.4 Å². The topological polar surface area (TPSA) is 168 Å². The number of primary amides is 1. The molecule has 0 aliphatic heterocycles. The molecular formula is C35H41N7O3. The van der Waals surface area contributed by atoms with Gasteiger partial charge in [0.2, 0.25) is 5.91 Å². The van der Waals surface area contributed by atoms with Crippen molar-refractivity contribution in [2.75, 3.05) is 0 Å². The van der Waals surface area contributed by atoms with E-state index in [4.69, 9.17) is 11.5 Å². The maximum atomic E-state index is 14.1. The number of Topliss-reactive ketones (excluding diaryl/α,β-unsaturated/α-hetero) is 1. The van der Waals surface area contributed by atoms with Crippen LogP contribution in [0.2, 0.25) is 0 Å². The van der Waals surface area contributed by atoms with E-state index in [1.165, 1.54) is 6.33 Å².